The first-order valence-electron chi connectivity index (χ1n) is 16.5. The van der Waals surface area contributed by atoms with E-state index in [1.807, 2.05) is 41.0 Å². The highest BCUT2D eigenvalue weighted by molar-refractivity contribution is 6.30. The lowest BCUT2D eigenvalue weighted by molar-refractivity contribution is -0.148. The highest BCUT2D eigenvalue weighted by Crippen LogP contribution is 2.40. The van der Waals surface area contributed by atoms with Gasteiger partial charge in [-0.3, -0.25) is 19.3 Å². The molecule has 3 amide bonds. The summed E-state index contributed by atoms with van der Waals surface area (Å²) in [6.45, 7) is 14.7. The molecule has 1 aromatic carbocycles. The third kappa shape index (κ3) is 7.56. The third-order valence-corrected chi connectivity index (χ3v) is 10.7. The Labute approximate surface area is 275 Å². The Kier molecular flexibility index (Phi) is 11.7. The fourth-order valence-electron chi connectivity index (χ4n) is 7.76. The van der Waals surface area contributed by atoms with Gasteiger partial charge in [0.2, 0.25) is 17.7 Å². The van der Waals surface area contributed by atoms with Crippen LogP contribution in [0.3, 0.4) is 0 Å². The van der Waals surface area contributed by atoms with Crippen molar-refractivity contribution in [2.45, 2.75) is 103 Å². The van der Waals surface area contributed by atoms with Crippen LogP contribution in [0.15, 0.2) is 24.3 Å². The lowest BCUT2D eigenvalue weighted by Crippen LogP contribution is -2.52. The number of morpholine rings is 1. The van der Waals surface area contributed by atoms with Crippen molar-refractivity contribution in [2.24, 2.45) is 11.8 Å². The minimum Gasteiger partial charge on any atom is -0.378 e. The molecule has 1 aromatic rings. The first-order chi connectivity index (χ1) is 20.5. The third-order valence-electron chi connectivity index (χ3n) is 10.4. The number of halogens is 2. The average molecular weight is 652 g/mol. The SMILES string of the molecule is CCC(=O)N(C1CCC(C)CC1)[C@H]1C[C@@H](C(=O)N2CCOCC2)N(C(=O)[C@@H]2CN(C(C)(C)C)C[C@H]2c2ccc(Cl)cc2)C1.Cl. The van der Waals surface area contributed by atoms with Crippen LogP contribution in [0.5, 0.6) is 0 Å². The predicted molar refractivity (Wildman–Crippen MR) is 176 cm³/mol. The van der Waals surface area contributed by atoms with E-state index >= 15 is 0 Å². The van der Waals surface area contributed by atoms with Crippen molar-refractivity contribution in [1.29, 1.82) is 0 Å². The van der Waals surface area contributed by atoms with Crippen LogP contribution in [0, 0.1) is 11.8 Å². The van der Waals surface area contributed by atoms with E-state index in [-0.39, 0.29) is 59.6 Å². The molecule has 246 valence electrons. The van der Waals surface area contributed by atoms with Gasteiger partial charge in [-0.1, -0.05) is 37.6 Å². The van der Waals surface area contributed by atoms with Crippen molar-refractivity contribution >= 4 is 41.7 Å². The summed E-state index contributed by atoms with van der Waals surface area (Å²) < 4.78 is 5.53. The monoisotopic (exact) mass is 650 g/mol. The van der Waals surface area contributed by atoms with Crippen LogP contribution in [0.2, 0.25) is 5.02 Å². The van der Waals surface area contributed by atoms with Crippen molar-refractivity contribution in [3.63, 3.8) is 0 Å². The number of carbonyl (C=O) groups is 3. The molecule has 44 heavy (non-hydrogen) atoms. The van der Waals surface area contributed by atoms with Gasteiger partial charge in [-0.05, 0) is 76.5 Å². The summed E-state index contributed by atoms with van der Waals surface area (Å²) in [6, 6.07) is 7.32. The summed E-state index contributed by atoms with van der Waals surface area (Å²) in [5.74, 6) is 0.539. The van der Waals surface area contributed by atoms with Crippen LogP contribution in [-0.2, 0) is 19.1 Å². The highest BCUT2D eigenvalue weighted by Gasteiger charge is 2.50. The molecular formula is C34H52Cl2N4O4. The summed E-state index contributed by atoms with van der Waals surface area (Å²) in [5.41, 5.74) is 0.999. The zero-order chi connectivity index (χ0) is 30.9. The van der Waals surface area contributed by atoms with Crippen LogP contribution in [0.4, 0.5) is 0 Å². The van der Waals surface area contributed by atoms with E-state index < -0.39 is 6.04 Å². The van der Waals surface area contributed by atoms with E-state index in [2.05, 4.69) is 37.5 Å². The Morgan fingerprint density at radius 1 is 0.932 bits per heavy atom. The van der Waals surface area contributed by atoms with Gasteiger partial charge in [-0.15, -0.1) is 12.4 Å². The number of hydrogen-bond donors (Lipinski definition) is 0. The molecule has 10 heteroatoms. The molecule has 0 bridgehead atoms. The number of hydrogen-bond acceptors (Lipinski definition) is 5. The zero-order valence-electron chi connectivity index (χ0n) is 27.2. The average Bonchev–Trinajstić information content (AvgIpc) is 3.64. The van der Waals surface area contributed by atoms with E-state index in [4.69, 9.17) is 16.3 Å². The maximum atomic E-state index is 14.8. The Bertz CT molecular complexity index is 1140. The summed E-state index contributed by atoms with van der Waals surface area (Å²) >= 11 is 6.24. The molecule has 1 aliphatic carbocycles. The van der Waals surface area contributed by atoms with Crippen LogP contribution >= 0.6 is 24.0 Å². The fraction of sp³-hybridized carbons (Fsp3) is 0.735. The van der Waals surface area contributed by atoms with Gasteiger partial charge in [0.1, 0.15) is 6.04 Å². The maximum Gasteiger partial charge on any atom is 0.245 e. The quantitative estimate of drug-likeness (QED) is 0.422. The second kappa shape index (κ2) is 14.7. The molecule has 3 saturated heterocycles. The van der Waals surface area contributed by atoms with Gasteiger partial charge in [0, 0.05) is 61.7 Å². The van der Waals surface area contributed by atoms with Crippen LogP contribution in [0.1, 0.15) is 84.6 Å². The number of rotatable bonds is 6. The summed E-state index contributed by atoms with van der Waals surface area (Å²) in [6.07, 6.45) is 5.12. The molecule has 5 rings (SSSR count). The molecule has 1 saturated carbocycles. The number of nitrogens with zero attached hydrogens (tertiary/aromatic N) is 4. The van der Waals surface area contributed by atoms with Gasteiger partial charge in [0.15, 0.2) is 0 Å². The van der Waals surface area contributed by atoms with Gasteiger partial charge in [-0.2, -0.15) is 0 Å². The zero-order valence-corrected chi connectivity index (χ0v) is 28.7. The normalized spacial score (nSPS) is 29.8. The van der Waals surface area contributed by atoms with Gasteiger partial charge < -0.3 is 19.4 Å². The molecule has 0 radical (unpaired) electrons. The number of likely N-dealkylation sites (tertiary alicyclic amines) is 2. The molecular weight excluding hydrogens is 599 g/mol. The molecule has 0 aromatic heterocycles. The van der Waals surface area contributed by atoms with E-state index in [0.29, 0.717) is 63.2 Å². The minimum atomic E-state index is -0.570. The van der Waals surface area contributed by atoms with Crippen LogP contribution in [-0.4, -0.2) is 107 Å². The number of ether oxygens (including phenoxy) is 1. The Morgan fingerprint density at radius 2 is 1.57 bits per heavy atom. The Hall–Kier alpha value is -1.87. The smallest absolute Gasteiger partial charge is 0.245 e. The Morgan fingerprint density at radius 3 is 2.16 bits per heavy atom. The van der Waals surface area contributed by atoms with Crippen molar-refractivity contribution in [3.8, 4) is 0 Å². The number of benzene rings is 1. The topological polar surface area (TPSA) is 73.4 Å². The standard InChI is InChI=1S/C34H51ClN4O4.ClH/c1-6-31(40)39(26-13-7-23(2)8-14-26)27-19-30(33(42)36-15-17-43-18-16-36)38(20-27)32(41)29-22-37(34(3,4)5)21-28(29)24-9-11-25(35)12-10-24;/h9-12,23,26-30H,6-8,13-22H2,1-5H3;1H/t23?,26?,27-,28-,29+,30-;/m0./s1. The lowest BCUT2D eigenvalue weighted by Gasteiger charge is -2.40. The van der Waals surface area contributed by atoms with Crippen LogP contribution in [0.25, 0.3) is 0 Å². The molecule has 0 spiro atoms. The molecule has 4 aliphatic rings. The molecule has 0 N–H and O–H groups in total. The van der Waals surface area contributed by atoms with Crippen molar-refractivity contribution in [1.82, 2.24) is 19.6 Å². The summed E-state index contributed by atoms with van der Waals surface area (Å²) in [5, 5.41) is 0.675. The number of carbonyl (C=O) groups excluding carboxylic acids is 3. The lowest BCUT2D eigenvalue weighted by atomic mass is 9.85. The molecule has 3 heterocycles. The molecule has 4 atom stereocenters. The highest BCUT2D eigenvalue weighted by atomic mass is 35.5. The van der Waals surface area contributed by atoms with Gasteiger partial charge in [0.25, 0.3) is 0 Å². The predicted octanol–water partition coefficient (Wildman–Crippen LogP) is 5.22. The molecule has 8 nitrogen and oxygen atoms in total. The van der Waals surface area contributed by atoms with E-state index in [0.717, 1.165) is 37.8 Å². The molecule has 0 unspecified atom stereocenters. The van der Waals surface area contributed by atoms with Crippen molar-refractivity contribution in [3.05, 3.63) is 34.9 Å². The van der Waals surface area contributed by atoms with Crippen molar-refractivity contribution < 1.29 is 19.1 Å². The van der Waals surface area contributed by atoms with Gasteiger partial charge in [-0.25, -0.2) is 0 Å². The summed E-state index contributed by atoms with van der Waals surface area (Å²) in [4.78, 5) is 50.6. The summed E-state index contributed by atoms with van der Waals surface area (Å²) in [7, 11) is 0. The first-order valence-corrected chi connectivity index (χ1v) is 16.8. The van der Waals surface area contributed by atoms with Gasteiger partial charge in [0.05, 0.1) is 25.2 Å². The fourth-order valence-corrected chi connectivity index (χ4v) is 7.88. The minimum absolute atomic E-state index is 0. The molecule has 3 aliphatic heterocycles. The van der Waals surface area contributed by atoms with E-state index in [1.54, 1.807) is 0 Å². The van der Waals surface area contributed by atoms with Crippen molar-refractivity contribution in [2.75, 3.05) is 45.9 Å². The first kappa shape index (κ1) is 35.0. The van der Waals surface area contributed by atoms with E-state index in [9.17, 15) is 14.4 Å². The Balaban J connectivity index is 0.00000442. The largest absolute Gasteiger partial charge is 0.378 e. The second-order valence-corrected chi connectivity index (χ2v) is 14.7. The van der Waals surface area contributed by atoms with Gasteiger partial charge >= 0.3 is 0 Å². The van der Waals surface area contributed by atoms with Crippen LogP contribution < -0.4 is 0 Å². The number of amides is 3. The molecule has 4 fully saturated rings. The van der Waals surface area contributed by atoms with E-state index in [1.165, 1.54) is 0 Å². The maximum absolute atomic E-state index is 14.8. The second-order valence-electron chi connectivity index (χ2n) is 14.2.